The van der Waals surface area contributed by atoms with Crippen LogP contribution in [0, 0.1) is 6.92 Å². The number of β-amino-alcohol motifs (C(OH)–C–C–N with tert-alkyl or cyclic N) is 1. The molecule has 1 heterocycles. The third kappa shape index (κ3) is 2.86. The first-order chi connectivity index (χ1) is 9.40. The standard InChI is InChI=1S/C13H15ClN2O4/c1-7-9(14)3-2-4-10(7)15-13(20)16-6-8(17)5-11(16)12(18)19/h2-4,8,11,17H,5-6H2,1H3,(H,15,20)(H,18,19). The Balaban J connectivity index is 2.15. The minimum atomic E-state index is -1.13. The molecule has 0 saturated carbocycles. The highest BCUT2D eigenvalue weighted by Crippen LogP contribution is 2.25. The fourth-order valence-corrected chi connectivity index (χ4v) is 2.38. The van der Waals surface area contributed by atoms with Gasteiger partial charge in [0.05, 0.1) is 6.10 Å². The number of anilines is 1. The number of urea groups is 1. The van der Waals surface area contributed by atoms with E-state index >= 15 is 0 Å². The van der Waals surface area contributed by atoms with E-state index in [1.54, 1.807) is 25.1 Å². The molecule has 1 aliphatic heterocycles. The second kappa shape index (κ2) is 5.68. The second-order valence-corrected chi connectivity index (χ2v) is 5.15. The van der Waals surface area contributed by atoms with Gasteiger partial charge in [-0.25, -0.2) is 9.59 Å². The van der Waals surface area contributed by atoms with Crippen LogP contribution >= 0.6 is 11.6 Å². The van der Waals surface area contributed by atoms with Crippen molar-refractivity contribution >= 4 is 29.3 Å². The number of nitrogens with zero attached hydrogens (tertiary/aromatic N) is 1. The van der Waals surface area contributed by atoms with E-state index in [-0.39, 0.29) is 13.0 Å². The van der Waals surface area contributed by atoms with E-state index < -0.39 is 24.1 Å². The summed E-state index contributed by atoms with van der Waals surface area (Å²) in [4.78, 5) is 24.3. The quantitative estimate of drug-likeness (QED) is 0.775. The van der Waals surface area contributed by atoms with Crippen LogP contribution in [0.4, 0.5) is 10.5 Å². The molecule has 2 unspecified atom stereocenters. The summed E-state index contributed by atoms with van der Waals surface area (Å²) in [6, 6.07) is 3.51. The lowest BCUT2D eigenvalue weighted by Crippen LogP contribution is -2.43. The van der Waals surface area contributed by atoms with E-state index in [0.29, 0.717) is 16.3 Å². The van der Waals surface area contributed by atoms with E-state index in [2.05, 4.69) is 5.32 Å². The first kappa shape index (κ1) is 14.6. The molecule has 1 aliphatic rings. The number of carbonyl (C=O) groups excluding carboxylic acids is 1. The van der Waals surface area contributed by atoms with Gasteiger partial charge in [-0.05, 0) is 24.6 Å². The fraction of sp³-hybridized carbons (Fsp3) is 0.385. The number of hydrogen-bond donors (Lipinski definition) is 3. The first-order valence-electron chi connectivity index (χ1n) is 6.13. The predicted molar refractivity (Wildman–Crippen MR) is 74.0 cm³/mol. The van der Waals surface area contributed by atoms with Gasteiger partial charge in [0.1, 0.15) is 6.04 Å². The smallest absolute Gasteiger partial charge is 0.326 e. The van der Waals surface area contributed by atoms with Crippen LogP contribution in [0.2, 0.25) is 5.02 Å². The Bertz CT molecular complexity index is 549. The third-order valence-corrected chi connectivity index (χ3v) is 3.74. The minimum Gasteiger partial charge on any atom is -0.480 e. The Morgan fingerprint density at radius 2 is 2.15 bits per heavy atom. The van der Waals surface area contributed by atoms with Gasteiger partial charge in [-0.15, -0.1) is 0 Å². The zero-order valence-corrected chi connectivity index (χ0v) is 11.6. The lowest BCUT2D eigenvalue weighted by molar-refractivity contribution is -0.141. The summed E-state index contributed by atoms with van der Waals surface area (Å²) in [5.74, 6) is -1.13. The number of aliphatic hydroxyl groups is 1. The van der Waals surface area contributed by atoms with E-state index in [1.807, 2.05) is 0 Å². The monoisotopic (exact) mass is 298 g/mol. The number of carbonyl (C=O) groups is 2. The largest absolute Gasteiger partial charge is 0.480 e. The van der Waals surface area contributed by atoms with Crippen molar-refractivity contribution in [2.24, 2.45) is 0 Å². The van der Waals surface area contributed by atoms with E-state index in [1.165, 1.54) is 0 Å². The minimum absolute atomic E-state index is 0.00239. The Labute approximate surface area is 121 Å². The molecule has 3 N–H and O–H groups in total. The van der Waals surface area contributed by atoms with Crippen molar-refractivity contribution < 1.29 is 19.8 Å². The van der Waals surface area contributed by atoms with Crippen molar-refractivity contribution in [2.45, 2.75) is 25.5 Å². The molecule has 1 aromatic carbocycles. The fourth-order valence-electron chi connectivity index (χ4n) is 2.20. The second-order valence-electron chi connectivity index (χ2n) is 4.74. The number of benzene rings is 1. The number of amides is 2. The van der Waals surface area contributed by atoms with E-state index in [0.717, 1.165) is 4.90 Å². The molecule has 1 fully saturated rings. The van der Waals surface area contributed by atoms with Crippen LogP contribution < -0.4 is 5.32 Å². The number of aliphatic carboxylic acids is 1. The Morgan fingerprint density at radius 3 is 2.80 bits per heavy atom. The first-order valence-corrected chi connectivity index (χ1v) is 6.51. The van der Waals surface area contributed by atoms with Crippen molar-refractivity contribution in [2.75, 3.05) is 11.9 Å². The molecule has 1 aromatic rings. The van der Waals surface area contributed by atoms with Gasteiger partial charge in [-0.2, -0.15) is 0 Å². The van der Waals surface area contributed by atoms with Crippen molar-refractivity contribution in [3.8, 4) is 0 Å². The molecule has 108 valence electrons. The van der Waals surface area contributed by atoms with E-state index in [4.69, 9.17) is 16.7 Å². The molecular formula is C13H15ClN2O4. The number of carboxylic acid groups (broad SMARTS) is 1. The Morgan fingerprint density at radius 1 is 1.45 bits per heavy atom. The number of halogens is 1. The van der Waals surface area contributed by atoms with Crippen molar-refractivity contribution in [1.29, 1.82) is 0 Å². The summed E-state index contributed by atoms with van der Waals surface area (Å²) in [6.07, 6.45) is -0.778. The molecule has 6 nitrogen and oxygen atoms in total. The maximum Gasteiger partial charge on any atom is 0.326 e. The average Bonchev–Trinajstić information content (AvgIpc) is 2.77. The molecule has 0 radical (unpaired) electrons. The molecule has 0 aliphatic carbocycles. The van der Waals surface area contributed by atoms with Crippen molar-refractivity contribution in [1.82, 2.24) is 4.90 Å². The lowest BCUT2D eigenvalue weighted by Gasteiger charge is -2.22. The van der Waals surface area contributed by atoms with E-state index in [9.17, 15) is 14.7 Å². The molecule has 0 bridgehead atoms. The molecule has 7 heteroatoms. The maximum absolute atomic E-state index is 12.1. The summed E-state index contributed by atoms with van der Waals surface area (Å²) in [5.41, 5.74) is 1.22. The molecule has 2 amide bonds. The van der Waals surface area contributed by atoms with Gasteiger partial charge in [0, 0.05) is 23.7 Å². The molecule has 1 saturated heterocycles. The number of rotatable bonds is 2. The van der Waals surface area contributed by atoms with Gasteiger partial charge in [0.25, 0.3) is 0 Å². The van der Waals surface area contributed by atoms with Gasteiger partial charge in [-0.1, -0.05) is 17.7 Å². The number of likely N-dealkylation sites (tertiary alicyclic amines) is 1. The van der Waals surface area contributed by atoms with Crippen LogP contribution in [0.1, 0.15) is 12.0 Å². The van der Waals surface area contributed by atoms with Gasteiger partial charge in [0.2, 0.25) is 0 Å². The summed E-state index contributed by atoms with van der Waals surface area (Å²) in [6.45, 7) is 1.76. The normalized spacial score (nSPS) is 21.9. The highest BCUT2D eigenvalue weighted by molar-refractivity contribution is 6.31. The molecule has 20 heavy (non-hydrogen) atoms. The molecule has 0 spiro atoms. The average molecular weight is 299 g/mol. The predicted octanol–water partition coefficient (Wildman–Crippen LogP) is 1.70. The van der Waals surface area contributed by atoms with Crippen molar-refractivity contribution in [3.05, 3.63) is 28.8 Å². The number of hydrogen-bond acceptors (Lipinski definition) is 3. The van der Waals surface area contributed by atoms with Crippen LogP contribution in [-0.4, -0.2) is 45.8 Å². The molecular weight excluding hydrogens is 284 g/mol. The van der Waals surface area contributed by atoms with Crippen LogP contribution in [0.25, 0.3) is 0 Å². The van der Waals surface area contributed by atoms with Gasteiger partial charge in [0.15, 0.2) is 0 Å². The summed E-state index contributed by atoms with van der Waals surface area (Å²) < 4.78 is 0. The van der Waals surface area contributed by atoms with Crippen LogP contribution in [0.5, 0.6) is 0 Å². The van der Waals surface area contributed by atoms with Gasteiger partial charge in [-0.3, -0.25) is 0 Å². The Kier molecular flexibility index (Phi) is 4.15. The van der Waals surface area contributed by atoms with Crippen molar-refractivity contribution in [3.63, 3.8) is 0 Å². The summed E-state index contributed by atoms with van der Waals surface area (Å²) in [5, 5.41) is 21.7. The molecule has 2 rings (SSSR count). The third-order valence-electron chi connectivity index (χ3n) is 3.33. The molecule has 2 atom stereocenters. The lowest BCUT2D eigenvalue weighted by atomic mass is 10.2. The number of carboxylic acids is 1. The zero-order valence-electron chi connectivity index (χ0n) is 10.8. The highest BCUT2D eigenvalue weighted by atomic mass is 35.5. The zero-order chi connectivity index (χ0) is 14.9. The Hall–Kier alpha value is -1.79. The SMILES string of the molecule is Cc1c(Cl)cccc1NC(=O)N1CC(O)CC1C(=O)O. The maximum atomic E-state index is 12.1. The number of nitrogens with one attached hydrogen (secondary N) is 1. The van der Waals surface area contributed by atoms with Crippen LogP contribution in [0.3, 0.4) is 0 Å². The topological polar surface area (TPSA) is 89.9 Å². The van der Waals surface area contributed by atoms with Crippen LogP contribution in [0.15, 0.2) is 18.2 Å². The van der Waals surface area contributed by atoms with Crippen LogP contribution in [-0.2, 0) is 4.79 Å². The summed E-state index contributed by atoms with van der Waals surface area (Å²) >= 11 is 5.96. The van der Waals surface area contributed by atoms with Gasteiger partial charge < -0.3 is 20.4 Å². The highest BCUT2D eigenvalue weighted by Gasteiger charge is 2.39. The summed E-state index contributed by atoms with van der Waals surface area (Å²) in [7, 11) is 0. The van der Waals surface area contributed by atoms with Gasteiger partial charge >= 0.3 is 12.0 Å². The number of aliphatic hydroxyl groups excluding tert-OH is 1. The molecule has 0 aromatic heterocycles.